The van der Waals surface area contributed by atoms with Gasteiger partial charge in [-0.1, -0.05) is 29.0 Å². The zero-order chi connectivity index (χ0) is 23.4. The SMILES string of the molecule is COc1cc(OC)cc(C(=O)N2CCC[C@@H](c3nnc(C(=O)Nc4cccc(Cl)c4)s3)C2)c1. The highest BCUT2D eigenvalue weighted by Crippen LogP contribution is 2.31. The first-order valence-electron chi connectivity index (χ1n) is 10.4. The Hall–Kier alpha value is -3.17. The lowest BCUT2D eigenvalue weighted by atomic mass is 9.98. The van der Waals surface area contributed by atoms with Crippen LogP contribution >= 0.6 is 22.9 Å². The number of hydrogen-bond donors (Lipinski definition) is 1. The van der Waals surface area contributed by atoms with Gasteiger partial charge in [0, 0.05) is 41.3 Å². The van der Waals surface area contributed by atoms with Crippen LogP contribution in [-0.4, -0.2) is 54.2 Å². The molecule has 8 nitrogen and oxygen atoms in total. The number of rotatable bonds is 6. The van der Waals surface area contributed by atoms with E-state index in [1.165, 1.54) is 11.3 Å². The molecule has 0 aliphatic carbocycles. The molecule has 4 rings (SSSR count). The molecule has 172 valence electrons. The minimum Gasteiger partial charge on any atom is -0.497 e. The molecule has 1 atom stereocenters. The topological polar surface area (TPSA) is 93.7 Å². The second kappa shape index (κ2) is 10.2. The Morgan fingerprint density at radius 3 is 2.58 bits per heavy atom. The molecule has 1 aliphatic rings. The van der Waals surface area contributed by atoms with Crippen molar-refractivity contribution in [1.82, 2.24) is 15.1 Å². The van der Waals surface area contributed by atoms with Crippen molar-refractivity contribution in [3.05, 3.63) is 63.1 Å². The lowest BCUT2D eigenvalue weighted by molar-refractivity contribution is 0.0706. The summed E-state index contributed by atoms with van der Waals surface area (Å²) in [6.45, 7) is 1.15. The number of benzene rings is 2. The van der Waals surface area contributed by atoms with Crippen LogP contribution in [0.1, 0.15) is 43.9 Å². The number of piperidine rings is 1. The molecule has 0 bridgehead atoms. The van der Waals surface area contributed by atoms with Gasteiger partial charge in [-0.3, -0.25) is 9.59 Å². The van der Waals surface area contributed by atoms with E-state index >= 15 is 0 Å². The van der Waals surface area contributed by atoms with Crippen molar-refractivity contribution < 1.29 is 19.1 Å². The van der Waals surface area contributed by atoms with E-state index in [1.54, 1.807) is 61.6 Å². The number of nitrogens with one attached hydrogen (secondary N) is 1. The van der Waals surface area contributed by atoms with Crippen LogP contribution in [0.4, 0.5) is 5.69 Å². The number of nitrogens with zero attached hydrogens (tertiary/aromatic N) is 3. The van der Waals surface area contributed by atoms with Gasteiger partial charge in [-0.25, -0.2) is 0 Å². The fourth-order valence-electron chi connectivity index (χ4n) is 3.72. The minimum atomic E-state index is -0.340. The number of carbonyl (C=O) groups is 2. The van der Waals surface area contributed by atoms with E-state index in [4.69, 9.17) is 21.1 Å². The number of aromatic nitrogens is 2. The zero-order valence-electron chi connectivity index (χ0n) is 18.2. The molecule has 0 spiro atoms. The fourth-order valence-corrected chi connectivity index (χ4v) is 4.77. The molecule has 2 amide bonds. The van der Waals surface area contributed by atoms with Gasteiger partial charge in [-0.15, -0.1) is 10.2 Å². The molecule has 2 heterocycles. The predicted octanol–water partition coefficient (Wildman–Crippen LogP) is 4.48. The monoisotopic (exact) mass is 486 g/mol. The number of anilines is 1. The van der Waals surface area contributed by atoms with Crippen LogP contribution in [0.5, 0.6) is 11.5 Å². The van der Waals surface area contributed by atoms with Gasteiger partial charge in [-0.2, -0.15) is 0 Å². The summed E-state index contributed by atoms with van der Waals surface area (Å²) in [6.07, 6.45) is 1.71. The number of likely N-dealkylation sites (tertiary alicyclic amines) is 1. The third-order valence-corrected chi connectivity index (χ3v) is 6.69. The summed E-state index contributed by atoms with van der Waals surface area (Å²) in [5.74, 6) is 0.700. The third-order valence-electron chi connectivity index (χ3n) is 5.37. The molecule has 33 heavy (non-hydrogen) atoms. The van der Waals surface area contributed by atoms with E-state index in [1.807, 2.05) is 0 Å². The van der Waals surface area contributed by atoms with E-state index in [0.29, 0.717) is 40.9 Å². The van der Waals surface area contributed by atoms with E-state index in [-0.39, 0.29) is 22.7 Å². The van der Waals surface area contributed by atoms with Gasteiger partial charge >= 0.3 is 0 Å². The van der Waals surface area contributed by atoms with Crippen molar-refractivity contribution in [1.29, 1.82) is 0 Å². The Bertz CT molecular complexity index is 1150. The van der Waals surface area contributed by atoms with Crippen molar-refractivity contribution in [2.24, 2.45) is 0 Å². The standard InChI is InChI=1S/C23H23ClN4O4S/c1-31-18-9-15(10-19(12-18)32-2)23(30)28-8-4-5-14(13-28)21-26-27-22(33-21)20(29)25-17-7-3-6-16(24)11-17/h3,6-7,9-12,14H,4-5,8,13H2,1-2H3,(H,25,29)/t14-/m1/s1. The average molecular weight is 487 g/mol. The van der Waals surface area contributed by atoms with Gasteiger partial charge in [0.25, 0.3) is 11.8 Å². The van der Waals surface area contributed by atoms with E-state index in [0.717, 1.165) is 17.8 Å². The van der Waals surface area contributed by atoms with Crippen molar-refractivity contribution >= 4 is 40.4 Å². The minimum absolute atomic E-state index is 0.0143. The van der Waals surface area contributed by atoms with Gasteiger partial charge in [0.05, 0.1) is 14.2 Å². The van der Waals surface area contributed by atoms with Crippen LogP contribution in [0, 0.1) is 0 Å². The largest absolute Gasteiger partial charge is 0.497 e. The number of halogens is 1. The summed E-state index contributed by atoms with van der Waals surface area (Å²) in [7, 11) is 3.10. The molecule has 1 aliphatic heterocycles. The van der Waals surface area contributed by atoms with E-state index in [2.05, 4.69) is 15.5 Å². The highest BCUT2D eigenvalue weighted by molar-refractivity contribution is 7.13. The van der Waals surface area contributed by atoms with Crippen LogP contribution in [0.15, 0.2) is 42.5 Å². The lowest BCUT2D eigenvalue weighted by Gasteiger charge is -2.31. The highest BCUT2D eigenvalue weighted by Gasteiger charge is 2.29. The lowest BCUT2D eigenvalue weighted by Crippen LogP contribution is -2.39. The maximum Gasteiger partial charge on any atom is 0.286 e. The van der Waals surface area contributed by atoms with Gasteiger partial charge in [0.1, 0.15) is 16.5 Å². The Balaban J connectivity index is 1.45. The summed E-state index contributed by atoms with van der Waals surface area (Å²) in [5.41, 5.74) is 1.10. The van der Waals surface area contributed by atoms with Crippen molar-refractivity contribution in [2.75, 3.05) is 32.6 Å². The molecule has 1 aromatic heterocycles. The van der Waals surface area contributed by atoms with E-state index in [9.17, 15) is 9.59 Å². The first-order chi connectivity index (χ1) is 16.0. The highest BCUT2D eigenvalue weighted by atomic mass is 35.5. The van der Waals surface area contributed by atoms with Crippen LogP contribution in [0.3, 0.4) is 0 Å². The number of ether oxygens (including phenoxy) is 2. The maximum atomic E-state index is 13.2. The number of hydrogen-bond acceptors (Lipinski definition) is 7. The zero-order valence-corrected chi connectivity index (χ0v) is 19.8. The van der Waals surface area contributed by atoms with Gasteiger partial charge in [-0.05, 0) is 43.2 Å². The smallest absolute Gasteiger partial charge is 0.286 e. The molecule has 0 saturated carbocycles. The first-order valence-corrected chi connectivity index (χ1v) is 11.6. The molecule has 0 radical (unpaired) electrons. The molecule has 2 aromatic carbocycles. The molecule has 3 aromatic rings. The Morgan fingerprint density at radius 2 is 1.88 bits per heavy atom. The normalized spacial score (nSPS) is 15.7. The van der Waals surface area contributed by atoms with Crippen molar-refractivity contribution in [3.63, 3.8) is 0 Å². The maximum absolute atomic E-state index is 13.2. The average Bonchev–Trinajstić information content (AvgIpc) is 3.34. The van der Waals surface area contributed by atoms with Crippen LogP contribution in [0.2, 0.25) is 5.02 Å². The second-order valence-electron chi connectivity index (χ2n) is 7.60. The second-order valence-corrected chi connectivity index (χ2v) is 9.05. The van der Waals surface area contributed by atoms with Gasteiger partial charge in [0.2, 0.25) is 5.01 Å². The van der Waals surface area contributed by atoms with Crippen molar-refractivity contribution in [3.8, 4) is 11.5 Å². The summed E-state index contributed by atoms with van der Waals surface area (Å²) in [6, 6.07) is 12.1. The number of methoxy groups -OCH3 is 2. The Kier molecular flexibility index (Phi) is 7.10. The van der Waals surface area contributed by atoms with Crippen LogP contribution < -0.4 is 14.8 Å². The molecule has 1 N–H and O–H groups in total. The Labute approximate surface area is 200 Å². The molecule has 10 heteroatoms. The van der Waals surface area contributed by atoms with Crippen molar-refractivity contribution in [2.45, 2.75) is 18.8 Å². The molecular formula is C23H23ClN4O4S. The molecule has 0 unspecified atom stereocenters. The van der Waals surface area contributed by atoms with E-state index < -0.39 is 0 Å². The summed E-state index contributed by atoms with van der Waals surface area (Å²) in [4.78, 5) is 27.5. The van der Waals surface area contributed by atoms with Gasteiger partial charge in [0.15, 0.2) is 0 Å². The molecule has 1 saturated heterocycles. The molecule has 1 fully saturated rings. The molecular weight excluding hydrogens is 464 g/mol. The summed E-state index contributed by atoms with van der Waals surface area (Å²) >= 11 is 7.22. The van der Waals surface area contributed by atoms with Crippen LogP contribution in [0.25, 0.3) is 0 Å². The fraction of sp³-hybridized carbons (Fsp3) is 0.304. The predicted molar refractivity (Wildman–Crippen MR) is 127 cm³/mol. The van der Waals surface area contributed by atoms with Crippen LogP contribution in [-0.2, 0) is 0 Å². The quantitative estimate of drug-likeness (QED) is 0.552. The summed E-state index contributed by atoms with van der Waals surface area (Å²) in [5, 5.41) is 12.6. The Morgan fingerprint density at radius 1 is 1.12 bits per heavy atom. The third kappa shape index (κ3) is 5.43. The summed E-state index contributed by atoms with van der Waals surface area (Å²) < 4.78 is 10.6. The van der Waals surface area contributed by atoms with Gasteiger partial charge < -0.3 is 19.7 Å². The number of amides is 2. The first kappa shape index (κ1) is 23.0. The number of carbonyl (C=O) groups excluding carboxylic acids is 2.